The van der Waals surface area contributed by atoms with Gasteiger partial charge in [0.25, 0.3) is 5.56 Å². The minimum atomic E-state index is -0.293. The van der Waals surface area contributed by atoms with Gasteiger partial charge in [-0.3, -0.25) is 9.78 Å². The Kier molecular flexibility index (Phi) is 6.53. The average molecular weight is 401 g/mol. The third-order valence-corrected chi connectivity index (χ3v) is 4.72. The van der Waals surface area contributed by atoms with E-state index in [2.05, 4.69) is 62.0 Å². The molecular weight excluding hydrogens is 368 g/mol. The van der Waals surface area contributed by atoms with Crippen molar-refractivity contribution in [2.24, 2.45) is 5.10 Å². The standard InChI is InChI=1S/C22H32N4O3/c1-13-15(8-9-27)19(29)25-20(24-13)26-23-12-14-10-16(21(2,3)4)18(28)17(11-14)22(5,6)7/h10-12,27-28H,8-9H2,1-7H3,(H2,24,25,26,29)/b23-12-. The fourth-order valence-corrected chi connectivity index (χ4v) is 3.11. The van der Waals surface area contributed by atoms with E-state index < -0.39 is 0 Å². The Morgan fingerprint density at radius 1 is 1.14 bits per heavy atom. The highest BCUT2D eigenvalue weighted by molar-refractivity contribution is 5.82. The molecule has 0 unspecified atom stereocenters. The summed E-state index contributed by atoms with van der Waals surface area (Å²) in [6.07, 6.45) is 1.90. The highest BCUT2D eigenvalue weighted by atomic mass is 16.3. The summed E-state index contributed by atoms with van der Waals surface area (Å²) >= 11 is 0. The molecule has 0 aliphatic carbocycles. The normalized spacial score (nSPS) is 12.6. The lowest BCUT2D eigenvalue weighted by Crippen LogP contribution is -2.19. The summed E-state index contributed by atoms with van der Waals surface area (Å²) in [5, 5.41) is 24.0. The van der Waals surface area contributed by atoms with E-state index in [1.54, 1.807) is 13.1 Å². The summed E-state index contributed by atoms with van der Waals surface area (Å²) in [5.74, 6) is 0.549. The van der Waals surface area contributed by atoms with Gasteiger partial charge >= 0.3 is 0 Å². The molecule has 0 aliphatic rings. The van der Waals surface area contributed by atoms with E-state index in [1.165, 1.54) is 0 Å². The van der Waals surface area contributed by atoms with Crippen molar-refractivity contribution in [3.05, 3.63) is 50.4 Å². The minimum absolute atomic E-state index is 0.108. The average Bonchev–Trinajstić information content (AvgIpc) is 2.57. The Bertz CT molecular complexity index is 928. The summed E-state index contributed by atoms with van der Waals surface area (Å²) < 4.78 is 0. The number of benzene rings is 1. The van der Waals surface area contributed by atoms with Crippen molar-refractivity contribution in [3.8, 4) is 5.75 Å². The second kappa shape index (κ2) is 8.37. The number of phenols is 1. The molecule has 0 fully saturated rings. The first-order valence-corrected chi connectivity index (χ1v) is 9.72. The van der Waals surface area contributed by atoms with Crippen LogP contribution >= 0.6 is 0 Å². The van der Waals surface area contributed by atoms with Gasteiger partial charge in [-0.15, -0.1) is 0 Å². The van der Waals surface area contributed by atoms with Gasteiger partial charge in [0.15, 0.2) is 0 Å². The van der Waals surface area contributed by atoms with Gasteiger partial charge in [-0.2, -0.15) is 5.10 Å². The van der Waals surface area contributed by atoms with E-state index in [0.29, 0.717) is 17.0 Å². The number of nitrogens with zero attached hydrogens (tertiary/aromatic N) is 2. The Hall–Kier alpha value is -2.67. The number of hydrazone groups is 1. The Morgan fingerprint density at radius 3 is 2.14 bits per heavy atom. The fourth-order valence-electron chi connectivity index (χ4n) is 3.11. The van der Waals surface area contributed by atoms with Crippen molar-refractivity contribution in [2.75, 3.05) is 12.0 Å². The van der Waals surface area contributed by atoms with Crippen LogP contribution in [0.5, 0.6) is 5.75 Å². The van der Waals surface area contributed by atoms with Crippen molar-refractivity contribution < 1.29 is 10.2 Å². The van der Waals surface area contributed by atoms with Gasteiger partial charge in [-0.1, -0.05) is 41.5 Å². The summed E-state index contributed by atoms with van der Waals surface area (Å²) in [5.41, 5.74) is 5.55. The number of aromatic nitrogens is 2. The lowest BCUT2D eigenvalue weighted by Gasteiger charge is -2.27. The van der Waals surface area contributed by atoms with Crippen LogP contribution in [0.15, 0.2) is 22.0 Å². The zero-order valence-corrected chi connectivity index (χ0v) is 18.3. The van der Waals surface area contributed by atoms with E-state index in [-0.39, 0.29) is 35.4 Å². The first-order valence-electron chi connectivity index (χ1n) is 9.72. The number of anilines is 1. The number of aliphatic hydroxyl groups is 1. The largest absolute Gasteiger partial charge is 0.507 e. The van der Waals surface area contributed by atoms with Crippen molar-refractivity contribution in [2.45, 2.75) is 65.7 Å². The molecule has 2 rings (SSSR count). The van der Waals surface area contributed by atoms with Gasteiger partial charge in [0.1, 0.15) is 5.75 Å². The topological polar surface area (TPSA) is 111 Å². The molecule has 0 atom stereocenters. The van der Waals surface area contributed by atoms with Gasteiger partial charge in [0.2, 0.25) is 5.95 Å². The number of hydrogen-bond acceptors (Lipinski definition) is 6. The number of aromatic amines is 1. The number of hydrogen-bond donors (Lipinski definition) is 4. The van der Waals surface area contributed by atoms with E-state index in [9.17, 15) is 9.90 Å². The number of H-pyrrole nitrogens is 1. The summed E-state index contributed by atoms with van der Waals surface area (Å²) in [4.78, 5) is 19.0. The molecule has 29 heavy (non-hydrogen) atoms. The van der Waals surface area contributed by atoms with E-state index in [4.69, 9.17) is 5.11 Å². The van der Waals surface area contributed by atoms with Crippen LogP contribution in [0.25, 0.3) is 0 Å². The molecule has 7 heteroatoms. The molecule has 7 nitrogen and oxygen atoms in total. The van der Waals surface area contributed by atoms with Crippen LogP contribution < -0.4 is 11.0 Å². The summed E-state index contributed by atoms with van der Waals surface area (Å²) in [6.45, 7) is 13.9. The number of aliphatic hydroxyl groups excluding tert-OH is 1. The van der Waals surface area contributed by atoms with Crippen molar-refractivity contribution in [1.29, 1.82) is 0 Å². The monoisotopic (exact) mass is 400 g/mol. The quantitative estimate of drug-likeness (QED) is 0.454. The number of rotatable bonds is 5. The van der Waals surface area contributed by atoms with Crippen molar-refractivity contribution >= 4 is 12.2 Å². The van der Waals surface area contributed by atoms with Gasteiger partial charge in [-0.05, 0) is 35.4 Å². The second-order valence-electron chi connectivity index (χ2n) is 9.29. The van der Waals surface area contributed by atoms with Gasteiger partial charge in [0.05, 0.1) is 11.9 Å². The van der Waals surface area contributed by atoms with Gasteiger partial charge < -0.3 is 10.2 Å². The van der Waals surface area contributed by atoms with Crippen LogP contribution in [0.1, 0.15) is 69.5 Å². The molecular formula is C22H32N4O3. The lowest BCUT2D eigenvalue weighted by molar-refractivity contribution is 0.298. The maximum absolute atomic E-state index is 12.1. The van der Waals surface area contributed by atoms with E-state index >= 15 is 0 Å². The van der Waals surface area contributed by atoms with Crippen molar-refractivity contribution in [3.63, 3.8) is 0 Å². The molecule has 0 aliphatic heterocycles. The molecule has 4 N–H and O–H groups in total. The van der Waals surface area contributed by atoms with Crippen LogP contribution in [0, 0.1) is 6.92 Å². The molecule has 0 saturated carbocycles. The maximum Gasteiger partial charge on any atom is 0.255 e. The van der Waals surface area contributed by atoms with E-state index in [1.807, 2.05) is 12.1 Å². The van der Waals surface area contributed by atoms with Crippen LogP contribution in [-0.2, 0) is 17.3 Å². The molecule has 0 amide bonds. The first-order chi connectivity index (χ1) is 13.3. The third kappa shape index (κ3) is 5.44. The van der Waals surface area contributed by atoms with Gasteiger partial charge in [0, 0.05) is 29.7 Å². The number of phenolic OH excluding ortho intramolecular Hbond substituents is 1. The van der Waals surface area contributed by atoms with E-state index in [0.717, 1.165) is 16.7 Å². The Morgan fingerprint density at radius 2 is 1.69 bits per heavy atom. The Balaban J connectivity index is 2.37. The van der Waals surface area contributed by atoms with Crippen molar-refractivity contribution in [1.82, 2.24) is 9.97 Å². The summed E-state index contributed by atoms with van der Waals surface area (Å²) in [7, 11) is 0. The molecule has 0 spiro atoms. The zero-order chi connectivity index (χ0) is 22.0. The molecule has 0 bridgehead atoms. The van der Waals surface area contributed by atoms with Crippen LogP contribution in [0.2, 0.25) is 0 Å². The zero-order valence-electron chi connectivity index (χ0n) is 18.3. The second-order valence-corrected chi connectivity index (χ2v) is 9.29. The number of aromatic hydroxyl groups is 1. The number of nitrogens with one attached hydrogen (secondary N) is 2. The predicted octanol–water partition coefficient (Wildman–Crippen LogP) is 3.36. The highest BCUT2D eigenvalue weighted by Gasteiger charge is 2.26. The molecule has 1 aromatic carbocycles. The SMILES string of the molecule is Cc1nc(N/N=C\c2cc(C(C)(C)C)c(O)c(C(C)(C)C)c2)[nH]c(=O)c1CCO. The lowest BCUT2D eigenvalue weighted by atomic mass is 9.78. The minimum Gasteiger partial charge on any atom is -0.507 e. The first kappa shape index (κ1) is 22.6. The number of aryl methyl sites for hydroxylation is 1. The molecule has 1 heterocycles. The highest BCUT2D eigenvalue weighted by Crippen LogP contribution is 2.39. The molecule has 2 aromatic rings. The summed E-state index contributed by atoms with van der Waals surface area (Å²) in [6, 6.07) is 3.84. The fraction of sp³-hybridized carbons (Fsp3) is 0.500. The van der Waals surface area contributed by atoms with Gasteiger partial charge in [-0.25, -0.2) is 10.4 Å². The molecule has 0 radical (unpaired) electrons. The predicted molar refractivity (Wildman–Crippen MR) is 117 cm³/mol. The van der Waals surface area contributed by atoms with Crippen LogP contribution in [-0.4, -0.2) is 33.0 Å². The smallest absolute Gasteiger partial charge is 0.255 e. The Labute approximate surface area is 171 Å². The van der Waals surface area contributed by atoms with Crippen LogP contribution in [0.3, 0.4) is 0 Å². The molecule has 0 saturated heterocycles. The molecule has 158 valence electrons. The molecule has 1 aromatic heterocycles. The third-order valence-electron chi connectivity index (χ3n) is 4.72. The van der Waals surface area contributed by atoms with Crippen LogP contribution in [0.4, 0.5) is 5.95 Å². The maximum atomic E-state index is 12.1.